The molecular formula is C18H17N3. The molecule has 2 rings (SSSR count). The quantitative estimate of drug-likeness (QED) is 0.651. The molecule has 0 aliphatic rings. The van der Waals surface area contributed by atoms with Crippen molar-refractivity contribution in [2.24, 2.45) is 4.99 Å². The lowest BCUT2D eigenvalue weighted by atomic mass is 10.1. The van der Waals surface area contributed by atoms with E-state index in [9.17, 15) is 0 Å². The fraction of sp³-hybridized carbons (Fsp3) is 0.111. The van der Waals surface area contributed by atoms with Gasteiger partial charge in [0.15, 0.2) is 0 Å². The Morgan fingerprint density at radius 3 is 2.10 bits per heavy atom. The first kappa shape index (κ1) is 14.5. The zero-order valence-corrected chi connectivity index (χ0v) is 12.2. The highest BCUT2D eigenvalue weighted by atomic mass is 14.9. The molecule has 3 nitrogen and oxygen atoms in total. The van der Waals surface area contributed by atoms with Gasteiger partial charge < -0.3 is 5.32 Å². The highest BCUT2D eigenvalue weighted by molar-refractivity contribution is 6.14. The molecule has 2 aromatic carbocycles. The smallest absolute Gasteiger partial charge is 0.230 e. The number of hydrogen-bond donors (Lipinski definition) is 1. The maximum absolute atomic E-state index is 7.49. The van der Waals surface area contributed by atoms with Crippen molar-refractivity contribution in [1.29, 1.82) is 0 Å². The van der Waals surface area contributed by atoms with Gasteiger partial charge in [-0.05, 0) is 24.6 Å². The van der Waals surface area contributed by atoms with Gasteiger partial charge >= 0.3 is 0 Å². The first-order valence-corrected chi connectivity index (χ1v) is 6.69. The van der Waals surface area contributed by atoms with E-state index >= 15 is 0 Å². The van der Waals surface area contributed by atoms with Crippen molar-refractivity contribution in [3.63, 3.8) is 0 Å². The van der Waals surface area contributed by atoms with E-state index in [4.69, 9.17) is 6.57 Å². The van der Waals surface area contributed by atoms with E-state index < -0.39 is 0 Å². The molecule has 0 fully saturated rings. The summed E-state index contributed by atoms with van der Waals surface area (Å²) in [5.74, 6) is 0. The second-order valence-corrected chi connectivity index (χ2v) is 4.51. The molecule has 0 aromatic heterocycles. The van der Waals surface area contributed by atoms with Crippen molar-refractivity contribution in [3.8, 4) is 0 Å². The third kappa shape index (κ3) is 3.58. The largest absolute Gasteiger partial charge is 0.369 e. The predicted molar refractivity (Wildman–Crippen MR) is 88.3 cm³/mol. The van der Waals surface area contributed by atoms with E-state index in [1.165, 1.54) is 0 Å². The van der Waals surface area contributed by atoms with Crippen molar-refractivity contribution in [2.75, 3.05) is 12.4 Å². The number of benzene rings is 2. The predicted octanol–water partition coefficient (Wildman–Crippen LogP) is 4.37. The van der Waals surface area contributed by atoms with Gasteiger partial charge in [-0.3, -0.25) is 4.99 Å². The highest BCUT2D eigenvalue weighted by Gasteiger charge is 2.13. The SMILES string of the molecule is [C-]#[N+]/C(C(=NC)c1ccccc1)=C(\C)Nc1ccccc1. The van der Waals surface area contributed by atoms with E-state index in [-0.39, 0.29) is 0 Å². The Balaban J connectivity index is 2.38. The third-order valence-corrected chi connectivity index (χ3v) is 3.07. The van der Waals surface area contributed by atoms with Gasteiger partial charge in [-0.25, -0.2) is 4.85 Å². The molecule has 0 heterocycles. The normalized spacial score (nSPS) is 12.3. The van der Waals surface area contributed by atoms with Crippen LogP contribution in [-0.4, -0.2) is 12.8 Å². The number of nitrogens with one attached hydrogen (secondary N) is 1. The van der Waals surface area contributed by atoms with Crippen LogP contribution in [0.3, 0.4) is 0 Å². The summed E-state index contributed by atoms with van der Waals surface area (Å²) < 4.78 is 0. The molecule has 0 unspecified atom stereocenters. The number of hydrogen-bond acceptors (Lipinski definition) is 2. The zero-order chi connectivity index (χ0) is 15.1. The molecule has 0 saturated carbocycles. The average Bonchev–Trinajstić information content (AvgIpc) is 2.54. The van der Waals surface area contributed by atoms with Gasteiger partial charge in [0.05, 0.1) is 12.3 Å². The molecule has 0 aliphatic heterocycles. The van der Waals surface area contributed by atoms with E-state index in [2.05, 4.69) is 15.2 Å². The molecule has 0 spiro atoms. The molecule has 3 heteroatoms. The van der Waals surface area contributed by atoms with Gasteiger partial charge in [0.2, 0.25) is 5.70 Å². The lowest BCUT2D eigenvalue weighted by molar-refractivity contribution is 1.32. The van der Waals surface area contributed by atoms with Crippen LogP contribution in [0.15, 0.2) is 77.1 Å². The van der Waals surface area contributed by atoms with Gasteiger partial charge in [0.25, 0.3) is 0 Å². The van der Waals surface area contributed by atoms with Crippen LogP contribution in [0.1, 0.15) is 12.5 Å². The summed E-state index contributed by atoms with van der Waals surface area (Å²) in [4.78, 5) is 7.97. The average molecular weight is 275 g/mol. The van der Waals surface area contributed by atoms with E-state index in [0.717, 1.165) is 16.9 Å². The lowest BCUT2D eigenvalue weighted by Crippen LogP contribution is -2.08. The molecule has 104 valence electrons. The number of nitrogens with zero attached hydrogens (tertiary/aromatic N) is 2. The topological polar surface area (TPSA) is 28.8 Å². The van der Waals surface area contributed by atoms with Crippen LogP contribution in [0.2, 0.25) is 0 Å². The minimum atomic E-state index is 0.535. The fourth-order valence-electron chi connectivity index (χ4n) is 2.08. The summed E-state index contributed by atoms with van der Waals surface area (Å²) in [6.45, 7) is 9.38. The second-order valence-electron chi connectivity index (χ2n) is 4.51. The fourth-order valence-corrected chi connectivity index (χ4v) is 2.08. The van der Waals surface area contributed by atoms with Crippen molar-refractivity contribution in [1.82, 2.24) is 0 Å². The Kier molecular flexibility index (Phi) is 4.89. The monoisotopic (exact) mass is 275 g/mol. The first-order chi connectivity index (χ1) is 10.3. The molecule has 21 heavy (non-hydrogen) atoms. The molecule has 0 aliphatic carbocycles. The van der Waals surface area contributed by atoms with E-state index in [1.807, 2.05) is 67.6 Å². The van der Waals surface area contributed by atoms with Gasteiger partial charge in [0, 0.05) is 18.4 Å². The summed E-state index contributed by atoms with van der Waals surface area (Å²) in [6.07, 6.45) is 0. The number of rotatable bonds is 4. The van der Waals surface area contributed by atoms with Gasteiger partial charge in [-0.15, -0.1) is 0 Å². The standard InChI is InChI=1S/C18H17N3/c1-14(21-16-12-8-5-9-13-16)17(19-2)18(20-3)15-10-6-4-7-11-15/h4-13,21H,1,3H3/b17-14+,20-18?. The van der Waals surface area contributed by atoms with Crippen LogP contribution in [0.5, 0.6) is 0 Å². The Labute approximate surface area is 125 Å². The molecule has 0 saturated heterocycles. The highest BCUT2D eigenvalue weighted by Crippen LogP contribution is 2.17. The Hall–Kier alpha value is -2.86. The van der Waals surface area contributed by atoms with Crippen molar-refractivity contribution in [2.45, 2.75) is 6.92 Å². The summed E-state index contributed by atoms with van der Waals surface area (Å²) in [7, 11) is 1.71. The van der Waals surface area contributed by atoms with Crippen LogP contribution in [0, 0.1) is 6.57 Å². The van der Waals surface area contributed by atoms with Crippen molar-refractivity contribution in [3.05, 3.63) is 89.0 Å². The number of allylic oxidation sites excluding steroid dienone is 2. The summed E-state index contributed by atoms with van der Waals surface area (Å²) >= 11 is 0. The van der Waals surface area contributed by atoms with Crippen LogP contribution in [0.4, 0.5) is 5.69 Å². The van der Waals surface area contributed by atoms with Crippen molar-refractivity contribution < 1.29 is 0 Å². The third-order valence-electron chi connectivity index (χ3n) is 3.07. The van der Waals surface area contributed by atoms with Crippen LogP contribution in [0.25, 0.3) is 4.85 Å². The molecule has 0 amide bonds. The second kappa shape index (κ2) is 7.06. The van der Waals surface area contributed by atoms with Gasteiger partial charge in [-0.2, -0.15) is 0 Å². The molecule has 0 radical (unpaired) electrons. The Morgan fingerprint density at radius 1 is 1.00 bits per heavy atom. The maximum Gasteiger partial charge on any atom is 0.230 e. The summed E-state index contributed by atoms with van der Waals surface area (Å²) in [6, 6.07) is 19.6. The number of para-hydroxylation sites is 1. The number of anilines is 1. The Morgan fingerprint density at radius 2 is 1.57 bits per heavy atom. The van der Waals surface area contributed by atoms with E-state index in [0.29, 0.717) is 11.4 Å². The zero-order valence-electron chi connectivity index (χ0n) is 12.2. The molecule has 1 N–H and O–H groups in total. The minimum Gasteiger partial charge on any atom is -0.369 e. The van der Waals surface area contributed by atoms with E-state index in [1.54, 1.807) is 7.05 Å². The van der Waals surface area contributed by atoms with Crippen LogP contribution in [-0.2, 0) is 0 Å². The number of aliphatic imine (C=N–C) groups is 1. The lowest BCUT2D eigenvalue weighted by Gasteiger charge is -2.11. The van der Waals surface area contributed by atoms with Gasteiger partial charge in [-0.1, -0.05) is 48.5 Å². The maximum atomic E-state index is 7.49. The minimum absolute atomic E-state index is 0.535. The molecule has 2 aromatic rings. The Bertz CT molecular complexity index is 692. The molecule has 0 atom stereocenters. The van der Waals surface area contributed by atoms with Crippen LogP contribution < -0.4 is 5.32 Å². The van der Waals surface area contributed by atoms with Gasteiger partial charge in [0.1, 0.15) is 0 Å². The molecular weight excluding hydrogens is 258 g/mol. The van der Waals surface area contributed by atoms with Crippen LogP contribution >= 0.6 is 0 Å². The summed E-state index contributed by atoms with van der Waals surface area (Å²) in [5.41, 5.74) is 3.93. The first-order valence-electron chi connectivity index (χ1n) is 6.69. The molecule has 0 bridgehead atoms. The van der Waals surface area contributed by atoms with Crippen molar-refractivity contribution >= 4 is 11.4 Å². The summed E-state index contributed by atoms with van der Waals surface area (Å²) in [5, 5.41) is 3.26.